The number of fused-ring (bicyclic) bond motifs is 1. The number of nitrogen functional groups attached to an aromatic ring is 1. The maximum absolute atomic E-state index is 11.9. The number of aromatic amines is 1. The number of carbonyl (C=O) groups excluding carboxylic acids is 1. The van der Waals surface area contributed by atoms with Crippen LogP contribution in [-0.2, 0) is 0 Å². The molecule has 0 spiro atoms. The first kappa shape index (κ1) is 10.8. The number of rotatable bonds is 1. The van der Waals surface area contributed by atoms with Gasteiger partial charge in [0, 0.05) is 16.1 Å². The molecule has 4 N–H and O–H groups in total. The highest BCUT2D eigenvalue weighted by Gasteiger charge is 2.12. The van der Waals surface area contributed by atoms with Crippen molar-refractivity contribution in [1.82, 2.24) is 10.4 Å². The molecule has 1 aromatic heterocycles. The van der Waals surface area contributed by atoms with E-state index in [0.29, 0.717) is 10.9 Å². The van der Waals surface area contributed by atoms with Crippen molar-refractivity contribution in [3.8, 4) is 0 Å². The highest BCUT2D eigenvalue weighted by atomic mass is 79.9. The lowest BCUT2D eigenvalue weighted by molar-refractivity contribution is 0.0952. The Morgan fingerprint density at radius 3 is 2.88 bits per heavy atom. The van der Waals surface area contributed by atoms with E-state index in [1.807, 2.05) is 5.43 Å². The van der Waals surface area contributed by atoms with Crippen LogP contribution >= 0.6 is 15.9 Å². The van der Waals surface area contributed by atoms with E-state index in [4.69, 9.17) is 5.84 Å². The number of hydrazine groups is 1. The Morgan fingerprint density at radius 1 is 1.44 bits per heavy atom. The van der Waals surface area contributed by atoms with Gasteiger partial charge in [0.1, 0.15) is 5.56 Å². The molecule has 0 unspecified atom stereocenters. The normalized spacial score (nSPS) is 10.4. The molecule has 0 bridgehead atoms. The second-order valence-corrected chi connectivity index (χ2v) is 4.02. The number of nitrogens with two attached hydrogens (primary N) is 1. The maximum atomic E-state index is 11.9. The average Bonchev–Trinajstić information content (AvgIpc) is 2.30. The quantitative estimate of drug-likeness (QED) is 0.412. The molecule has 6 heteroatoms. The van der Waals surface area contributed by atoms with Crippen LogP contribution in [0.1, 0.15) is 10.4 Å². The molecule has 0 radical (unpaired) electrons. The van der Waals surface area contributed by atoms with E-state index >= 15 is 0 Å². The fraction of sp³-hybridized carbons (Fsp3) is 0. The fourth-order valence-electron chi connectivity index (χ4n) is 1.46. The lowest BCUT2D eigenvalue weighted by Gasteiger charge is -2.03. The molecule has 16 heavy (non-hydrogen) atoms. The van der Waals surface area contributed by atoms with Crippen molar-refractivity contribution in [2.45, 2.75) is 0 Å². The van der Waals surface area contributed by atoms with E-state index in [0.717, 1.165) is 4.47 Å². The molecule has 1 aromatic carbocycles. The molecule has 0 aliphatic carbocycles. The van der Waals surface area contributed by atoms with Crippen molar-refractivity contribution in [2.24, 2.45) is 5.84 Å². The van der Waals surface area contributed by atoms with Gasteiger partial charge in [0.15, 0.2) is 0 Å². The second kappa shape index (κ2) is 4.07. The van der Waals surface area contributed by atoms with Crippen LogP contribution in [0.25, 0.3) is 10.9 Å². The number of amides is 1. The average molecular weight is 282 g/mol. The largest absolute Gasteiger partial charge is 0.359 e. The number of aromatic nitrogens is 1. The van der Waals surface area contributed by atoms with E-state index in [9.17, 15) is 9.59 Å². The second-order valence-electron chi connectivity index (χ2n) is 3.17. The molecule has 2 aromatic rings. The van der Waals surface area contributed by atoms with Crippen molar-refractivity contribution >= 4 is 32.7 Å². The van der Waals surface area contributed by atoms with Crippen molar-refractivity contribution < 1.29 is 4.79 Å². The standard InChI is InChI=1S/C10H8BrN3O2/c11-7-3-1-2-5-8(7)13-4-6(9(5)15)10(16)14-12/h1-4H,12H2,(H,13,15)(H,14,16). The first-order valence-electron chi connectivity index (χ1n) is 4.46. The van der Waals surface area contributed by atoms with E-state index in [1.54, 1.807) is 18.2 Å². The highest BCUT2D eigenvalue weighted by Crippen LogP contribution is 2.19. The van der Waals surface area contributed by atoms with Crippen molar-refractivity contribution in [3.05, 3.63) is 44.7 Å². The Hall–Kier alpha value is -1.66. The predicted molar refractivity (Wildman–Crippen MR) is 63.9 cm³/mol. The molecular formula is C10H8BrN3O2. The molecule has 0 saturated carbocycles. The van der Waals surface area contributed by atoms with Gasteiger partial charge in [-0.1, -0.05) is 6.07 Å². The first-order chi connectivity index (χ1) is 7.65. The van der Waals surface area contributed by atoms with Gasteiger partial charge in [-0.3, -0.25) is 15.0 Å². The van der Waals surface area contributed by atoms with Crippen LogP contribution in [0.2, 0.25) is 0 Å². The summed E-state index contributed by atoms with van der Waals surface area (Å²) in [4.78, 5) is 26.1. The minimum Gasteiger partial charge on any atom is -0.359 e. The lowest BCUT2D eigenvalue weighted by Crippen LogP contribution is -2.33. The van der Waals surface area contributed by atoms with Gasteiger partial charge < -0.3 is 4.98 Å². The molecular weight excluding hydrogens is 274 g/mol. The number of pyridine rings is 1. The Morgan fingerprint density at radius 2 is 2.19 bits per heavy atom. The van der Waals surface area contributed by atoms with E-state index in [-0.39, 0.29) is 11.0 Å². The van der Waals surface area contributed by atoms with Gasteiger partial charge in [0.25, 0.3) is 5.91 Å². The third-order valence-corrected chi connectivity index (χ3v) is 2.90. The summed E-state index contributed by atoms with van der Waals surface area (Å²) in [6, 6.07) is 5.18. The summed E-state index contributed by atoms with van der Waals surface area (Å²) in [5.41, 5.74) is 2.23. The van der Waals surface area contributed by atoms with Gasteiger partial charge in [-0.15, -0.1) is 0 Å². The van der Waals surface area contributed by atoms with Crippen LogP contribution in [-0.4, -0.2) is 10.9 Å². The fourth-order valence-corrected chi connectivity index (χ4v) is 1.94. The monoisotopic (exact) mass is 281 g/mol. The van der Waals surface area contributed by atoms with Crippen LogP contribution in [0, 0.1) is 0 Å². The highest BCUT2D eigenvalue weighted by molar-refractivity contribution is 9.10. The van der Waals surface area contributed by atoms with Crippen LogP contribution < -0.4 is 16.7 Å². The molecule has 1 amide bonds. The first-order valence-corrected chi connectivity index (χ1v) is 5.25. The zero-order valence-electron chi connectivity index (χ0n) is 8.08. The van der Waals surface area contributed by atoms with Gasteiger partial charge in [0.2, 0.25) is 5.43 Å². The summed E-state index contributed by atoms with van der Waals surface area (Å²) < 4.78 is 0.766. The molecule has 1 heterocycles. The summed E-state index contributed by atoms with van der Waals surface area (Å²) in [6.07, 6.45) is 1.34. The minimum atomic E-state index is -0.608. The van der Waals surface area contributed by atoms with Crippen LogP contribution in [0.5, 0.6) is 0 Å². The van der Waals surface area contributed by atoms with Crippen LogP contribution in [0.4, 0.5) is 0 Å². The third kappa shape index (κ3) is 1.62. The number of nitrogens with one attached hydrogen (secondary N) is 2. The van der Waals surface area contributed by atoms with Crippen molar-refractivity contribution in [3.63, 3.8) is 0 Å². The van der Waals surface area contributed by atoms with Crippen LogP contribution in [0.15, 0.2) is 33.7 Å². The Bertz CT molecular complexity index is 621. The van der Waals surface area contributed by atoms with Gasteiger partial charge >= 0.3 is 0 Å². The summed E-state index contributed by atoms with van der Waals surface area (Å²) >= 11 is 3.31. The van der Waals surface area contributed by atoms with Gasteiger partial charge in [-0.25, -0.2) is 5.84 Å². The summed E-state index contributed by atoms with van der Waals surface area (Å²) in [5.74, 6) is 4.38. The van der Waals surface area contributed by atoms with E-state index < -0.39 is 5.91 Å². The maximum Gasteiger partial charge on any atom is 0.270 e. The summed E-state index contributed by atoms with van der Waals surface area (Å²) in [5, 5.41) is 0.440. The van der Waals surface area contributed by atoms with Gasteiger partial charge in [0.05, 0.1) is 5.52 Å². The molecule has 0 atom stereocenters. The molecule has 5 nitrogen and oxygen atoms in total. The molecule has 82 valence electrons. The molecule has 0 aliphatic heterocycles. The zero-order valence-corrected chi connectivity index (χ0v) is 9.67. The number of carbonyl (C=O) groups is 1. The minimum absolute atomic E-state index is 0.00639. The summed E-state index contributed by atoms with van der Waals surface area (Å²) in [7, 11) is 0. The Kier molecular flexibility index (Phi) is 2.76. The number of H-pyrrole nitrogens is 1. The van der Waals surface area contributed by atoms with Gasteiger partial charge in [-0.05, 0) is 28.1 Å². The number of benzene rings is 1. The van der Waals surface area contributed by atoms with Crippen molar-refractivity contribution in [2.75, 3.05) is 0 Å². The zero-order chi connectivity index (χ0) is 11.7. The third-order valence-electron chi connectivity index (χ3n) is 2.24. The van der Waals surface area contributed by atoms with Gasteiger partial charge in [-0.2, -0.15) is 0 Å². The molecule has 0 fully saturated rings. The van der Waals surface area contributed by atoms with Crippen LogP contribution in [0.3, 0.4) is 0 Å². The SMILES string of the molecule is NNC(=O)c1c[nH]c2c(Br)cccc2c1=O. The van der Waals surface area contributed by atoms with E-state index in [2.05, 4.69) is 20.9 Å². The molecule has 0 saturated heterocycles. The lowest BCUT2D eigenvalue weighted by atomic mass is 10.1. The topological polar surface area (TPSA) is 88.0 Å². The Balaban J connectivity index is 2.81. The number of hydrogen-bond donors (Lipinski definition) is 3. The Labute approximate surface area is 98.7 Å². The predicted octanol–water partition coefficient (Wildman–Crippen LogP) is 0.894. The number of para-hydroxylation sites is 1. The molecule has 0 aliphatic rings. The van der Waals surface area contributed by atoms with Crippen molar-refractivity contribution in [1.29, 1.82) is 0 Å². The summed E-state index contributed by atoms with van der Waals surface area (Å²) in [6.45, 7) is 0. The van der Waals surface area contributed by atoms with E-state index in [1.165, 1.54) is 6.20 Å². The number of halogens is 1. The smallest absolute Gasteiger partial charge is 0.270 e. The molecule has 2 rings (SSSR count). The number of hydrogen-bond acceptors (Lipinski definition) is 3.